The van der Waals surface area contributed by atoms with Gasteiger partial charge in [0.25, 0.3) is 0 Å². The average molecular weight is 426 g/mol. The van der Waals surface area contributed by atoms with Crippen molar-refractivity contribution in [3.8, 4) is 0 Å². The van der Waals surface area contributed by atoms with Gasteiger partial charge in [-0.2, -0.15) is 0 Å². The van der Waals surface area contributed by atoms with Crippen molar-refractivity contribution in [3.63, 3.8) is 0 Å². The Labute approximate surface area is 164 Å². The number of hydrogen-bond acceptors (Lipinski definition) is 7. The molecule has 0 rings (SSSR count). The van der Waals surface area contributed by atoms with E-state index in [2.05, 4.69) is 6.08 Å². The van der Waals surface area contributed by atoms with Crippen molar-refractivity contribution in [2.24, 2.45) is 0 Å². The van der Waals surface area contributed by atoms with Crippen LogP contribution in [-0.2, 0) is 31.7 Å². The molecule has 7 nitrogen and oxygen atoms in total. The summed E-state index contributed by atoms with van der Waals surface area (Å²) in [5, 5.41) is 0. The molecule has 0 aliphatic carbocycles. The molecule has 0 aromatic rings. The number of phosphoric acid groups is 1. The van der Waals surface area contributed by atoms with Crippen molar-refractivity contribution in [2.75, 3.05) is 26.4 Å². The van der Waals surface area contributed by atoms with Crippen molar-refractivity contribution in [1.29, 1.82) is 0 Å². The Morgan fingerprint density at radius 1 is 0.852 bits per heavy atom. The largest absolute Gasteiger partial charge is 0.475 e. The highest BCUT2D eigenvalue weighted by Gasteiger charge is 2.42. The van der Waals surface area contributed by atoms with Gasteiger partial charge in [-0.25, -0.2) is 4.57 Å². The lowest BCUT2D eigenvalue weighted by molar-refractivity contribution is 0.103. The van der Waals surface area contributed by atoms with E-state index in [4.69, 9.17) is 22.6 Å². The Hall–Kier alpha value is -0.260. The van der Waals surface area contributed by atoms with Crippen molar-refractivity contribution in [1.82, 2.24) is 0 Å². The molecule has 0 aromatic heterocycles. The monoisotopic (exact) mass is 426 g/mol. The molecular formula is C18H36O7P2. The molecule has 0 spiro atoms. The molecule has 0 amide bonds. The second-order valence-corrected chi connectivity index (χ2v) is 9.71. The van der Waals surface area contributed by atoms with Gasteiger partial charge in [0.1, 0.15) is 0 Å². The number of rotatable bonds is 15. The molecule has 0 bridgehead atoms. The average Bonchev–Trinajstić information content (AvgIpc) is 2.54. The maximum Gasteiger partial charge on any atom is 0.475 e. The summed E-state index contributed by atoms with van der Waals surface area (Å²) in [5.74, 6) is -1.19. The van der Waals surface area contributed by atoms with E-state index in [0.29, 0.717) is 0 Å². The molecule has 0 fully saturated rings. The first-order valence-corrected chi connectivity index (χ1v) is 12.5. The van der Waals surface area contributed by atoms with E-state index in [0.717, 1.165) is 18.4 Å². The molecule has 0 N–H and O–H groups in total. The van der Waals surface area contributed by atoms with Gasteiger partial charge < -0.3 is 9.05 Å². The number of phosphoric ester groups is 1. The van der Waals surface area contributed by atoms with Gasteiger partial charge in [0.05, 0.1) is 26.4 Å². The zero-order valence-electron chi connectivity index (χ0n) is 17.7. The van der Waals surface area contributed by atoms with Crippen molar-refractivity contribution < 1.29 is 31.7 Å². The fourth-order valence-corrected chi connectivity index (χ4v) is 5.67. The van der Waals surface area contributed by atoms with E-state index < -0.39 is 21.3 Å². The normalized spacial score (nSPS) is 14.3. The van der Waals surface area contributed by atoms with Crippen molar-refractivity contribution >= 4 is 15.4 Å². The van der Waals surface area contributed by atoms with Gasteiger partial charge in [0.15, 0.2) is 5.85 Å². The third kappa shape index (κ3) is 10.7. The van der Waals surface area contributed by atoms with Crippen molar-refractivity contribution in [2.45, 2.75) is 67.2 Å². The fourth-order valence-electron chi connectivity index (χ4n) is 2.19. The van der Waals surface area contributed by atoms with Gasteiger partial charge in [-0.3, -0.25) is 18.1 Å². The van der Waals surface area contributed by atoms with Gasteiger partial charge in [-0.05, 0) is 67.4 Å². The summed E-state index contributed by atoms with van der Waals surface area (Å²) < 4.78 is 52.8. The van der Waals surface area contributed by atoms with Crippen LogP contribution >= 0.6 is 15.4 Å². The minimum Gasteiger partial charge on any atom is -0.307 e. The van der Waals surface area contributed by atoms with E-state index in [1.165, 1.54) is 5.57 Å². The van der Waals surface area contributed by atoms with Crippen molar-refractivity contribution in [3.05, 3.63) is 23.3 Å². The van der Waals surface area contributed by atoms with E-state index in [1.54, 1.807) is 33.8 Å². The molecule has 1 atom stereocenters. The highest BCUT2D eigenvalue weighted by atomic mass is 31.2. The molecule has 0 saturated heterocycles. The first-order valence-electron chi connectivity index (χ1n) is 9.43. The van der Waals surface area contributed by atoms with Crippen LogP contribution in [-0.4, -0.2) is 32.3 Å². The lowest BCUT2D eigenvalue weighted by Gasteiger charge is -2.27. The van der Waals surface area contributed by atoms with E-state index in [1.807, 2.05) is 20.8 Å². The van der Waals surface area contributed by atoms with E-state index in [-0.39, 0.29) is 26.4 Å². The van der Waals surface area contributed by atoms with Crippen LogP contribution in [0.3, 0.4) is 0 Å². The maximum atomic E-state index is 13.3. The first kappa shape index (κ1) is 26.7. The molecule has 0 heterocycles. The Kier molecular flexibility index (Phi) is 13.7. The summed E-state index contributed by atoms with van der Waals surface area (Å²) >= 11 is 0. The van der Waals surface area contributed by atoms with Gasteiger partial charge in [-0.15, -0.1) is 0 Å². The predicted octanol–water partition coefficient (Wildman–Crippen LogP) is 6.47. The zero-order chi connectivity index (χ0) is 20.9. The van der Waals surface area contributed by atoms with Crippen LogP contribution in [0.4, 0.5) is 0 Å². The summed E-state index contributed by atoms with van der Waals surface area (Å²) in [7, 11) is -7.63. The highest BCUT2D eigenvalue weighted by Crippen LogP contribution is 2.61. The van der Waals surface area contributed by atoms with Crippen LogP contribution in [0.5, 0.6) is 0 Å². The fraction of sp³-hybridized carbons (Fsp3) is 0.778. The minimum atomic E-state index is -3.91. The van der Waals surface area contributed by atoms with E-state index in [9.17, 15) is 9.13 Å². The molecule has 9 heteroatoms. The van der Waals surface area contributed by atoms with Crippen LogP contribution in [0, 0.1) is 0 Å². The van der Waals surface area contributed by atoms with Crippen LogP contribution < -0.4 is 0 Å². The van der Waals surface area contributed by atoms with Gasteiger partial charge >= 0.3 is 15.4 Å². The Morgan fingerprint density at radius 2 is 1.33 bits per heavy atom. The summed E-state index contributed by atoms with van der Waals surface area (Å²) in [5.41, 5.74) is 2.14. The molecule has 0 aromatic carbocycles. The van der Waals surface area contributed by atoms with Crippen LogP contribution in [0.25, 0.3) is 0 Å². The maximum absolute atomic E-state index is 13.3. The van der Waals surface area contributed by atoms with Gasteiger partial charge in [0, 0.05) is 0 Å². The molecule has 0 radical (unpaired) electrons. The summed E-state index contributed by atoms with van der Waals surface area (Å²) in [4.78, 5) is 0. The smallest absolute Gasteiger partial charge is 0.307 e. The lowest BCUT2D eigenvalue weighted by Crippen LogP contribution is -2.16. The number of hydrogen-bond donors (Lipinski definition) is 0. The molecule has 0 aliphatic rings. The highest BCUT2D eigenvalue weighted by molar-refractivity contribution is 7.56. The molecule has 160 valence electrons. The zero-order valence-corrected chi connectivity index (χ0v) is 19.5. The Balaban J connectivity index is 5.75. The predicted molar refractivity (Wildman–Crippen MR) is 109 cm³/mol. The topological polar surface area (TPSA) is 80.3 Å². The van der Waals surface area contributed by atoms with Gasteiger partial charge in [0.2, 0.25) is 0 Å². The first-order chi connectivity index (χ1) is 12.7. The molecule has 27 heavy (non-hydrogen) atoms. The lowest BCUT2D eigenvalue weighted by atomic mass is 10.1. The molecule has 1 unspecified atom stereocenters. The second kappa shape index (κ2) is 13.8. The molecular weight excluding hydrogens is 390 g/mol. The summed E-state index contributed by atoms with van der Waals surface area (Å²) in [6.45, 7) is 13.3. The third-order valence-electron chi connectivity index (χ3n) is 3.26. The van der Waals surface area contributed by atoms with Crippen LogP contribution in [0.1, 0.15) is 61.3 Å². The third-order valence-corrected chi connectivity index (χ3v) is 7.17. The Morgan fingerprint density at radius 3 is 1.74 bits per heavy atom. The summed E-state index contributed by atoms with van der Waals surface area (Å²) in [6, 6.07) is 0. The SMILES string of the molecule is CCOP(=O)(OCC)OC(/C=C(\C)CCC=C(C)C)P(=O)(OCC)OCC. The van der Waals surface area contributed by atoms with Crippen LogP contribution in [0.15, 0.2) is 23.3 Å². The Bertz CT molecular complexity index is 548. The summed E-state index contributed by atoms with van der Waals surface area (Å²) in [6.07, 6.45) is 5.31. The quantitative estimate of drug-likeness (QED) is 0.219. The van der Waals surface area contributed by atoms with E-state index >= 15 is 0 Å². The molecule has 0 aliphatic heterocycles. The second-order valence-electron chi connectivity index (χ2n) is 5.99. The van der Waals surface area contributed by atoms with Crippen LogP contribution in [0.2, 0.25) is 0 Å². The number of allylic oxidation sites excluding steroid dienone is 3. The minimum absolute atomic E-state index is 0.126. The standard InChI is InChI=1S/C18H36O7P2/c1-8-21-26(19,22-9-2)18(15-17(7)14-12-13-16(5)6)25-27(20,23-10-3)24-11-4/h13,15,18H,8-12,14H2,1-7H3/b17-15+. The van der Waals surface area contributed by atoms with Gasteiger partial charge in [-0.1, -0.05) is 17.2 Å². The molecule has 0 saturated carbocycles.